The van der Waals surface area contributed by atoms with Gasteiger partial charge in [0.2, 0.25) is 6.41 Å². The van der Waals surface area contributed by atoms with Gasteiger partial charge in [0.25, 0.3) is 0 Å². The summed E-state index contributed by atoms with van der Waals surface area (Å²) in [5, 5.41) is 0. The minimum Gasteiger partial charge on any atom is -0.457 e. The highest BCUT2D eigenvalue weighted by Gasteiger charge is 2.45. The largest absolute Gasteiger partial charge is 0.457 e. The molecule has 0 saturated carbocycles. The van der Waals surface area contributed by atoms with Crippen molar-refractivity contribution < 1.29 is 9.53 Å². The highest BCUT2D eigenvalue weighted by Crippen LogP contribution is 2.45. The number of likely N-dealkylation sites (tertiary alicyclic amines) is 1. The van der Waals surface area contributed by atoms with Crippen LogP contribution < -0.4 is 4.74 Å². The quantitative estimate of drug-likeness (QED) is 0.661. The number of carbonyl (C=O) groups is 1. The summed E-state index contributed by atoms with van der Waals surface area (Å²) in [6.07, 6.45) is 9.93. The lowest BCUT2D eigenvalue weighted by Crippen LogP contribution is -2.56. The lowest BCUT2D eigenvalue weighted by molar-refractivity contribution is -0.129. The monoisotopic (exact) mass is 390 g/mol. The molecule has 0 radical (unpaired) electrons. The second kappa shape index (κ2) is 8.19. The SMILES string of the molecule is O=CN1CCCCC1N1C2CCC1CC(c1ccc(Oc3ccccc3)cc1)C2. The van der Waals surface area contributed by atoms with Crippen molar-refractivity contribution in [2.24, 2.45) is 0 Å². The van der Waals surface area contributed by atoms with Gasteiger partial charge in [-0.25, -0.2) is 0 Å². The Kier molecular flexibility index (Phi) is 5.28. The predicted octanol–water partition coefficient (Wildman–Crippen LogP) is 5.16. The molecule has 3 fully saturated rings. The van der Waals surface area contributed by atoms with Crippen molar-refractivity contribution in [1.29, 1.82) is 0 Å². The van der Waals surface area contributed by atoms with Crippen LogP contribution in [0.3, 0.4) is 0 Å². The molecule has 5 rings (SSSR count). The molecule has 2 aromatic carbocycles. The standard InChI is InChI=1S/C25H30N2O2/c28-18-26-15-5-4-8-25(26)27-21-11-12-22(27)17-20(16-21)19-9-13-24(14-10-19)29-23-6-2-1-3-7-23/h1-3,6-7,9-10,13-14,18,20-22,25H,4-5,8,11-12,15-17H2. The molecule has 3 aliphatic rings. The van der Waals surface area contributed by atoms with Crippen LogP contribution in [0.15, 0.2) is 54.6 Å². The molecule has 0 aromatic heterocycles. The van der Waals surface area contributed by atoms with E-state index in [0.717, 1.165) is 37.3 Å². The van der Waals surface area contributed by atoms with E-state index in [1.165, 1.54) is 37.7 Å². The molecule has 4 nitrogen and oxygen atoms in total. The van der Waals surface area contributed by atoms with Crippen LogP contribution in [-0.2, 0) is 4.79 Å². The molecular formula is C25H30N2O2. The van der Waals surface area contributed by atoms with E-state index in [4.69, 9.17) is 4.74 Å². The minimum atomic E-state index is 0.335. The number of benzene rings is 2. The Hall–Kier alpha value is -2.33. The van der Waals surface area contributed by atoms with Gasteiger partial charge in [-0.15, -0.1) is 0 Å². The van der Waals surface area contributed by atoms with Crippen molar-refractivity contribution in [3.05, 3.63) is 60.2 Å². The van der Waals surface area contributed by atoms with E-state index in [1.54, 1.807) is 0 Å². The van der Waals surface area contributed by atoms with Crippen LogP contribution in [0.4, 0.5) is 0 Å². The first-order valence-electron chi connectivity index (χ1n) is 11.1. The molecule has 3 unspecified atom stereocenters. The fourth-order valence-corrected chi connectivity index (χ4v) is 5.78. The van der Waals surface area contributed by atoms with Crippen LogP contribution in [0.25, 0.3) is 0 Å². The highest BCUT2D eigenvalue weighted by atomic mass is 16.5. The van der Waals surface area contributed by atoms with Gasteiger partial charge < -0.3 is 9.64 Å². The molecule has 29 heavy (non-hydrogen) atoms. The number of hydrogen-bond donors (Lipinski definition) is 0. The lowest BCUT2D eigenvalue weighted by atomic mass is 9.84. The minimum absolute atomic E-state index is 0.335. The third-order valence-corrected chi connectivity index (χ3v) is 7.11. The number of hydrogen-bond acceptors (Lipinski definition) is 3. The van der Waals surface area contributed by atoms with Gasteiger partial charge in [-0.2, -0.15) is 0 Å². The Morgan fingerprint density at radius 2 is 1.52 bits per heavy atom. The van der Waals surface area contributed by atoms with Gasteiger partial charge in [-0.05, 0) is 80.7 Å². The van der Waals surface area contributed by atoms with E-state index >= 15 is 0 Å². The van der Waals surface area contributed by atoms with Crippen molar-refractivity contribution in [1.82, 2.24) is 9.80 Å². The summed E-state index contributed by atoms with van der Waals surface area (Å²) in [6, 6.07) is 19.9. The van der Waals surface area contributed by atoms with Gasteiger partial charge in [0.1, 0.15) is 11.5 Å². The predicted molar refractivity (Wildman–Crippen MR) is 114 cm³/mol. The van der Waals surface area contributed by atoms with Crippen LogP contribution in [0.5, 0.6) is 11.5 Å². The average Bonchev–Trinajstić information content (AvgIpc) is 3.03. The van der Waals surface area contributed by atoms with Crippen LogP contribution in [0.2, 0.25) is 0 Å². The Bertz CT molecular complexity index is 808. The fourth-order valence-electron chi connectivity index (χ4n) is 5.78. The smallest absolute Gasteiger partial charge is 0.210 e. The molecule has 0 N–H and O–H groups in total. The van der Waals surface area contributed by atoms with Crippen molar-refractivity contribution in [3.8, 4) is 11.5 Å². The lowest BCUT2D eigenvalue weighted by Gasteiger charge is -2.48. The summed E-state index contributed by atoms with van der Waals surface area (Å²) in [6.45, 7) is 0.927. The summed E-state index contributed by atoms with van der Waals surface area (Å²) >= 11 is 0. The van der Waals surface area contributed by atoms with Crippen molar-refractivity contribution in [2.45, 2.75) is 69.1 Å². The second-order valence-corrected chi connectivity index (χ2v) is 8.80. The van der Waals surface area contributed by atoms with Crippen LogP contribution in [-0.4, -0.2) is 41.0 Å². The Morgan fingerprint density at radius 1 is 0.828 bits per heavy atom. The van der Waals surface area contributed by atoms with Crippen molar-refractivity contribution in [3.63, 3.8) is 0 Å². The number of nitrogens with zero attached hydrogens (tertiary/aromatic N) is 2. The third kappa shape index (κ3) is 3.78. The maximum atomic E-state index is 11.6. The number of piperidine rings is 2. The maximum absolute atomic E-state index is 11.6. The first-order valence-corrected chi connectivity index (χ1v) is 11.1. The number of ether oxygens (including phenoxy) is 1. The van der Waals surface area contributed by atoms with E-state index < -0.39 is 0 Å². The highest BCUT2D eigenvalue weighted by molar-refractivity contribution is 5.48. The average molecular weight is 391 g/mol. The van der Waals surface area contributed by atoms with Crippen LogP contribution >= 0.6 is 0 Å². The summed E-state index contributed by atoms with van der Waals surface area (Å²) in [5.41, 5.74) is 1.43. The van der Waals surface area contributed by atoms with Gasteiger partial charge in [0.05, 0.1) is 6.17 Å². The second-order valence-electron chi connectivity index (χ2n) is 8.80. The first kappa shape index (κ1) is 18.7. The van der Waals surface area contributed by atoms with E-state index in [9.17, 15) is 4.79 Å². The normalized spacial score (nSPS) is 29.6. The molecule has 3 heterocycles. The Morgan fingerprint density at radius 3 is 2.21 bits per heavy atom. The van der Waals surface area contributed by atoms with Gasteiger partial charge in [0, 0.05) is 18.6 Å². The van der Waals surface area contributed by atoms with E-state index in [-0.39, 0.29) is 0 Å². The summed E-state index contributed by atoms with van der Waals surface area (Å²) in [7, 11) is 0. The molecule has 3 atom stereocenters. The molecule has 0 spiro atoms. The zero-order chi connectivity index (χ0) is 19.6. The number of fused-ring (bicyclic) bond motifs is 2. The van der Waals surface area contributed by atoms with Gasteiger partial charge in [0.15, 0.2) is 0 Å². The number of carbonyl (C=O) groups excluding carboxylic acids is 1. The zero-order valence-corrected chi connectivity index (χ0v) is 17.0. The van der Waals surface area contributed by atoms with Crippen molar-refractivity contribution >= 4 is 6.41 Å². The molecular weight excluding hydrogens is 360 g/mol. The van der Waals surface area contributed by atoms with Gasteiger partial charge in [-0.3, -0.25) is 9.69 Å². The van der Waals surface area contributed by atoms with Gasteiger partial charge >= 0.3 is 0 Å². The van der Waals surface area contributed by atoms with Crippen LogP contribution in [0, 0.1) is 0 Å². The van der Waals surface area contributed by atoms with E-state index in [0.29, 0.717) is 24.2 Å². The molecule has 0 aliphatic carbocycles. The number of amides is 1. The molecule has 152 valence electrons. The molecule has 2 aromatic rings. The molecule has 3 saturated heterocycles. The van der Waals surface area contributed by atoms with E-state index in [1.807, 2.05) is 30.3 Å². The number of para-hydroxylation sites is 1. The van der Waals surface area contributed by atoms with E-state index in [2.05, 4.69) is 34.1 Å². The zero-order valence-electron chi connectivity index (χ0n) is 17.0. The van der Waals surface area contributed by atoms with Crippen LogP contribution in [0.1, 0.15) is 56.4 Å². The fraction of sp³-hybridized carbons (Fsp3) is 0.480. The summed E-state index contributed by atoms with van der Waals surface area (Å²) in [4.78, 5) is 16.3. The Balaban J connectivity index is 1.26. The topological polar surface area (TPSA) is 32.8 Å². The summed E-state index contributed by atoms with van der Waals surface area (Å²) < 4.78 is 5.95. The third-order valence-electron chi connectivity index (χ3n) is 7.11. The maximum Gasteiger partial charge on any atom is 0.210 e. The molecule has 2 bridgehead atoms. The van der Waals surface area contributed by atoms with Crippen molar-refractivity contribution in [2.75, 3.05) is 6.54 Å². The number of rotatable bonds is 5. The van der Waals surface area contributed by atoms with Gasteiger partial charge in [-0.1, -0.05) is 30.3 Å². The molecule has 3 aliphatic heterocycles. The molecule has 1 amide bonds. The first-order chi connectivity index (χ1) is 14.3. The Labute approximate surface area is 173 Å². The molecule has 4 heteroatoms. The summed E-state index contributed by atoms with van der Waals surface area (Å²) in [5.74, 6) is 2.38.